The number of carbonyl (C=O) groups is 1. The molecule has 1 aliphatic heterocycles. The van der Waals surface area contributed by atoms with Gasteiger partial charge in [-0.2, -0.15) is 8.42 Å². The Morgan fingerprint density at radius 3 is 2.75 bits per heavy atom. The van der Waals surface area contributed by atoms with Crippen molar-refractivity contribution in [3.63, 3.8) is 0 Å². The molecule has 1 saturated heterocycles. The van der Waals surface area contributed by atoms with Crippen LogP contribution in [0.5, 0.6) is 0 Å². The average molecular weight is 403 g/mol. The lowest BCUT2D eigenvalue weighted by atomic mass is 10.3. The van der Waals surface area contributed by atoms with Gasteiger partial charge in [0.15, 0.2) is 5.17 Å². The molecule has 1 aliphatic rings. The van der Waals surface area contributed by atoms with Gasteiger partial charge in [-0.05, 0) is 43.0 Å². The topological polar surface area (TPSA) is 80.0 Å². The molecule has 6 nitrogen and oxygen atoms in total. The first kappa shape index (κ1) is 17.3. The zero-order chi connectivity index (χ0) is 17.3. The number of amides is 1. The van der Waals surface area contributed by atoms with E-state index in [1.165, 1.54) is 23.3 Å². The number of thiophene rings is 1. The predicted octanol–water partition coefficient (Wildman–Crippen LogP) is 3.68. The summed E-state index contributed by atoms with van der Waals surface area (Å²) in [7, 11) is -3.92. The summed E-state index contributed by atoms with van der Waals surface area (Å²) in [5.41, 5.74) is 0. The molecule has 10 heteroatoms. The number of halogens is 1. The van der Waals surface area contributed by atoms with Crippen molar-refractivity contribution in [3.05, 3.63) is 45.5 Å². The Labute approximate surface area is 151 Å². The van der Waals surface area contributed by atoms with Gasteiger partial charge < -0.3 is 4.42 Å². The van der Waals surface area contributed by atoms with Crippen LogP contribution in [0.1, 0.15) is 12.7 Å². The van der Waals surface area contributed by atoms with Crippen molar-refractivity contribution >= 4 is 61.9 Å². The Morgan fingerprint density at radius 1 is 1.38 bits per heavy atom. The third-order valence-corrected chi connectivity index (χ3v) is 7.11. The molecule has 3 heterocycles. The molecule has 0 aliphatic carbocycles. The number of sulfonamides is 1. The highest BCUT2D eigenvalue weighted by atomic mass is 35.5. The lowest BCUT2D eigenvalue weighted by Crippen LogP contribution is -2.29. The highest BCUT2D eigenvalue weighted by Crippen LogP contribution is 2.34. The number of likely N-dealkylation sites (N-methyl/N-ethyl adjacent to an activating group) is 1. The number of amidine groups is 1. The minimum Gasteiger partial charge on any atom is -0.465 e. The van der Waals surface area contributed by atoms with E-state index < -0.39 is 10.0 Å². The van der Waals surface area contributed by atoms with E-state index in [1.54, 1.807) is 25.1 Å². The van der Waals surface area contributed by atoms with Crippen LogP contribution in [0.4, 0.5) is 0 Å². The minimum atomic E-state index is -3.92. The van der Waals surface area contributed by atoms with Gasteiger partial charge in [0.25, 0.3) is 15.9 Å². The maximum Gasteiger partial charge on any atom is 0.294 e. The first-order valence-electron chi connectivity index (χ1n) is 6.76. The third kappa shape index (κ3) is 3.44. The number of hydrogen-bond acceptors (Lipinski definition) is 6. The van der Waals surface area contributed by atoms with Gasteiger partial charge in [-0.3, -0.25) is 9.69 Å². The molecule has 0 atom stereocenters. The van der Waals surface area contributed by atoms with E-state index >= 15 is 0 Å². The van der Waals surface area contributed by atoms with E-state index in [-0.39, 0.29) is 15.3 Å². The molecular formula is C14H11ClN2O4S3. The Bertz CT molecular complexity index is 929. The second-order valence-electron chi connectivity index (χ2n) is 4.58. The van der Waals surface area contributed by atoms with Crippen LogP contribution in [-0.4, -0.2) is 30.9 Å². The second kappa shape index (κ2) is 6.75. The van der Waals surface area contributed by atoms with Crippen molar-refractivity contribution in [2.45, 2.75) is 11.1 Å². The van der Waals surface area contributed by atoms with Gasteiger partial charge in [0.2, 0.25) is 0 Å². The first-order valence-corrected chi connectivity index (χ1v) is 10.2. The lowest BCUT2D eigenvalue weighted by molar-refractivity contribution is -0.122. The van der Waals surface area contributed by atoms with E-state index in [0.717, 1.165) is 23.1 Å². The molecule has 0 bridgehead atoms. The molecule has 0 radical (unpaired) electrons. The van der Waals surface area contributed by atoms with Gasteiger partial charge in [0.1, 0.15) is 9.97 Å². The average Bonchev–Trinajstić information content (AvgIpc) is 3.23. The summed E-state index contributed by atoms with van der Waals surface area (Å²) in [6.07, 6.45) is 3.06. The number of thioether (sulfide) groups is 1. The van der Waals surface area contributed by atoms with Gasteiger partial charge in [0.05, 0.1) is 15.5 Å². The van der Waals surface area contributed by atoms with Gasteiger partial charge in [-0.1, -0.05) is 11.6 Å². The smallest absolute Gasteiger partial charge is 0.294 e. The molecule has 0 saturated carbocycles. The molecule has 24 heavy (non-hydrogen) atoms. The van der Waals surface area contributed by atoms with Crippen molar-refractivity contribution in [3.8, 4) is 0 Å². The fraction of sp³-hybridized carbons (Fsp3) is 0.143. The van der Waals surface area contributed by atoms with E-state index in [0.29, 0.717) is 21.5 Å². The summed E-state index contributed by atoms with van der Waals surface area (Å²) in [5.74, 6) is 0.202. The normalized spacial score (nSPS) is 18.9. The van der Waals surface area contributed by atoms with Crippen LogP contribution in [-0.2, 0) is 14.8 Å². The van der Waals surface area contributed by atoms with E-state index in [1.807, 2.05) is 0 Å². The predicted molar refractivity (Wildman–Crippen MR) is 95.6 cm³/mol. The van der Waals surface area contributed by atoms with Crippen LogP contribution in [0.25, 0.3) is 6.08 Å². The van der Waals surface area contributed by atoms with Crippen molar-refractivity contribution in [2.75, 3.05) is 6.54 Å². The van der Waals surface area contributed by atoms with Crippen molar-refractivity contribution < 1.29 is 17.6 Å². The van der Waals surface area contributed by atoms with Crippen molar-refractivity contribution in [1.82, 2.24) is 4.90 Å². The molecule has 0 aromatic carbocycles. The number of carbonyl (C=O) groups excluding carboxylic acids is 1. The highest BCUT2D eigenvalue weighted by molar-refractivity contribution is 8.19. The molecule has 2 aromatic heterocycles. The maximum absolute atomic E-state index is 12.4. The molecule has 0 spiro atoms. The van der Waals surface area contributed by atoms with Crippen molar-refractivity contribution in [1.29, 1.82) is 0 Å². The Hall–Kier alpha value is -1.55. The monoisotopic (exact) mass is 402 g/mol. The quantitative estimate of drug-likeness (QED) is 0.729. The molecule has 126 valence electrons. The summed E-state index contributed by atoms with van der Waals surface area (Å²) in [4.78, 5) is 14.1. The van der Waals surface area contributed by atoms with Gasteiger partial charge in [-0.15, -0.1) is 15.7 Å². The van der Waals surface area contributed by atoms with Gasteiger partial charge >= 0.3 is 0 Å². The van der Waals surface area contributed by atoms with Gasteiger partial charge in [0, 0.05) is 12.6 Å². The van der Waals surface area contributed by atoms with Gasteiger partial charge in [-0.25, -0.2) is 0 Å². The molecule has 0 N–H and O–H groups in total. The summed E-state index contributed by atoms with van der Waals surface area (Å²) in [5, 5.41) is 0.116. The molecular weight excluding hydrogens is 392 g/mol. The van der Waals surface area contributed by atoms with Crippen LogP contribution in [0, 0.1) is 0 Å². The SMILES string of the molecule is CCN1C(=O)C(=Cc2ccco2)SC1=NS(=O)(=O)c1ccc(Cl)s1. The number of nitrogens with zero attached hydrogens (tertiary/aromatic N) is 2. The van der Waals surface area contributed by atoms with Crippen LogP contribution < -0.4 is 0 Å². The fourth-order valence-electron chi connectivity index (χ4n) is 1.94. The Kier molecular flexibility index (Phi) is 4.86. The van der Waals surface area contributed by atoms with Crippen LogP contribution >= 0.6 is 34.7 Å². The molecule has 3 rings (SSSR count). The van der Waals surface area contributed by atoms with E-state index in [4.69, 9.17) is 16.0 Å². The standard InChI is InChI=1S/C14H11ClN2O4S3/c1-2-17-13(18)10(8-9-4-3-7-21-9)22-14(17)16-24(19,20)12-6-5-11(15)23-12/h3-8H,2H2,1H3. The van der Waals surface area contributed by atoms with Crippen molar-refractivity contribution in [2.24, 2.45) is 4.40 Å². The molecule has 2 aromatic rings. The summed E-state index contributed by atoms with van der Waals surface area (Å²) in [6.45, 7) is 2.05. The maximum atomic E-state index is 12.4. The number of rotatable bonds is 4. The summed E-state index contributed by atoms with van der Waals surface area (Å²) < 4.78 is 34.1. The number of hydrogen-bond donors (Lipinski definition) is 0. The zero-order valence-electron chi connectivity index (χ0n) is 12.3. The fourth-order valence-corrected chi connectivity index (χ4v) is 5.63. The number of furan rings is 1. The van der Waals surface area contributed by atoms with E-state index in [2.05, 4.69) is 4.40 Å². The summed E-state index contributed by atoms with van der Waals surface area (Å²) in [6, 6.07) is 6.29. The largest absolute Gasteiger partial charge is 0.465 e. The molecule has 0 unspecified atom stereocenters. The lowest BCUT2D eigenvalue weighted by Gasteiger charge is -2.11. The Balaban J connectivity index is 1.96. The third-order valence-electron chi connectivity index (χ3n) is 3.02. The Morgan fingerprint density at radius 2 is 2.17 bits per heavy atom. The zero-order valence-corrected chi connectivity index (χ0v) is 15.5. The van der Waals surface area contributed by atoms with Crippen LogP contribution in [0.3, 0.4) is 0 Å². The minimum absolute atomic E-state index is 0.0348. The highest BCUT2D eigenvalue weighted by Gasteiger charge is 2.34. The molecule has 1 amide bonds. The summed E-state index contributed by atoms with van der Waals surface area (Å²) >= 11 is 7.70. The second-order valence-corrected chi connectivity index (χ2v) is 9.14. The first-order chi connectivity index (χ1) is 11.4. The van der Waals surface area contributed by atoms with Crippen LogP contribution in [0.2, 0.25) is 4.34 Å². The van der Waals surface area contributed by atoms with E-state index in [9.17, 15) is 13.2 Å². The van der Waals surface area contributed by atoms with Crippen LogP contribution in [0.15, 0.2) is 48.5 Å². The molecule has 1 fully saturated rings.